The van der Waals surface area contributed by atoms with Gasteiger partial charge < -0.3 is 10.6 Å². The highest BCUT2D eigenvalue weighted by Crippen LogP contribution is 2.20. The molecule has 1 unspecified atom stereocenters. The van der Waals surface area contributed by atoms with Crippen LogP contribution in [0.4, 0.5) is 5.69 Å². The van der Waals surface area contributed by atoms with Gasteiger partial charge >= 0.3 is 0 Å². The van der Waals surface area contributed by atoms with Crippen LogP contribution in [0.5, 0.6) is 0 Å². The number of hydrogen-bond acceptors (Lipinski definition) is 4. The number of nitrogens with zero attached hydrogens (tertiary/aromatic N) is 3. The van der Waals surface area contributed by atoms with E-state index in [0.29, 0.717) is 6.04 Å². The molecule has 0 spiro atoms. The summed E-state index contributed by atoms with van der Waals surface area (Å²) in [5, 5.41) is 11.2. The van der Waals surface area contributed by atoms with Gasteiger partial charge in [0.25, 0.3) is 0 Å². The lowest BCUT2D eigenvalue weighted by Crippen LogP contribution is -2.38. The molecule has 1 atom stereocenters. The minimum Gasteiger partial charge on any atom is -0.379 e. The summed E-state index contributed by atoms with van der Waals surface area (Å²) in [4.78, 5) is 4.00. The van der Waals surface area contributed by atoms with E-state index in [1.165, 1.54) is 12.8 Å². The average Bonchev–Trinajstić information content (AvgIpc) is 2.94. The molecule has 2 heterocycles. The Morgan fingerprint density at radius 2 is 2.28 bits per heavy atom. The number of aromatic nitrogens is 3. The summed E-state index contributed by atoms with van der Waals surface area (Å²) in [6, 6.07) is 8.68. The number of nitrogens with one attached hydrogen (secondary N) is 2. The summed E-state index contributed by atoms with van der Waals surface area (Å²) in [5.41, 5.74) is 2.15. The third-order valence-electron chi connectivity index (χ3n) is 3.23. The van der Waals surface area contributed by atoms with E-state index in [2.05, 4.69) is 26.8 Å². The van der Waals surface area contributed by atoms with Crippen molar-refractivity contribution in [3.8, 4) is 5.69 Å². The van der Waals surface area contributed by atoms with E-state index in [1.54, 1.807) is 17.3 Å². The summed E-state index contributed by atoms with van der Waals surface area (Å²) in [5.74, 6) is 0. The molecule has 1 aliphatic rings. The van der Waals surface area contributed by atoms with Crippen LogP contribution in [0.25, 0.3) is 5.69 Å². The van der Waals surface area contributed by atoms with Gasteiger partial charge in [0, 0.05) is 12.6 Å². The lowest BCUT2D eigenvalue weighted by atomic mass is 10.1. The smallest absolute Gasteiger partial charge is 0.138 e. The van der Waals surface area contributed by atoms with Crippen molar-refractivity contribution in [2.75, 3.05) is 18.4 Å². The fraction of sp³-hybridized carbons (Fsp3) is 0.385. The molecule has 2 aromatic rings. The second kappa shape index (κ2) is 5.18. The fourth-order valence-electron chi connectivity index (χ4n) is 2.32. The highest BCUT2D eigenvalue weighted by atomic mass is 15.3. The van der Waals surface area contributed by atoms with Crippen LogP contribution in [-0.2, 0) is 0 Å². The van der Waals surface area contributed by atoms with E-state index in [1.807, 2.05) is 18.2 Å². The molecule has 1 aromatic heterocycles. The van der Waals surface area contributed by atoms with E-state index in [-0.39, 0.29) is 0 Å². The summed E-state index contributed by atoms with van der Waals surface area (Å²) in [6.45, 7) is 2.15. The maximum atomic E-state index is 4.19. The highest BCUT2D eigenvalue weighted by molar-refractivity contribution is 5.60. The second-order valence-corrected chi connectivity index (χ2v) is 4.54. The van der Waals surface area contributed by atoms with Crippen LogP contribution in [0, 0.1) is 0 Å². The van der Waals surface area contributed by atoms with Gasteiger partial charge in [0.15, 0.2) is 0 Å². The molecule has 1 saturated heterocycles. The number of piperidine rings is 1. The normalized spacial score (nSPS) is 19.7. The van der Waals surface area contributed by atoms with Gasteiger partial charge in [-0.2, -0.15) is 5.10 Å². The molecule has 18 heavy (non-hydrogen) atoms. The van der Waals surface area contributed by atoms with E-state index in [0.717, 1.165) is 24.5 Å². The molecule has 1 aliphatic heterocycles. The van der Waals surface area contributed by atoms with Crippen molar-refractivity contribution in [3.05, 3.63) is 36.9 Å². The summed E-state index contributed by atoms with van der Waals surface area (Å²) >= 11 is 0. The molecule has 0 radical (unpaired) electrons. The number of benzene rings is 1. The molecule has 3 rings (SSSR count). The topological polar surface area (TPSA) is 54.8 Å². The van der Waals surface area contributed by atoms with Crippen LogP contribution in [0.15, 0.2) is 36.9 Å². The molecule has 5 heteroatoms. The van der Waals surface area contributed by atoms with Crippen LogP contribution in [0.2, 0.25) is 0 Å². The number of para-hydroxylation sites is 2. The Hall–Kier alpha value is -1.88. The molecule has 0 saturated carbocycles. The first kappa shape index (κ1) is 11.2. The monoisotopic (exact) mass is 243 g/mol. The van der Waals surface area contributed by atoms with Gasteiger partial charge in [-0.15, -0.1) is 0 Å². The minimum absolute atomic E-state index is 0.489. The zero-order valence-corrected chi connectivity index (χ0v) is 10.2. The fourth-order valence-corrected chi connectivity index (χ4v) is 2.32. The Morgan fingerprint density at radius 1 is 1.33 bits per heavy atom. The van der Waals surface area contributed by atoms with Gasteiger partial charge in [0.05, 0.1) is 11.4 Å². The van der Waals surface area contributed by atoms with Crippen molar-refractivity contribution >= 4 is 5.69 Å². The van der Waals surface area contributed by atoms with Crippen molar-refractivity contribution in [2.24, 2.45) is 0 Å². The van der Waals surface area contributed by atoms with Crippen molar-refractivity contribution < 1.29 is 0 Å². The molecule has 1 aromatic carbocycles. The van der Waals surface area contributed by atoms with Gasteiger partial charge in [0.2, 0.25) is 0 Å². The first-order valence-corrected chi connectivity index (χ1v) is 6.35. The molecule has 0 bridgehead atoms. The predicted molar refractivity (Wildman–Crippen MR) is 70.9 cm³/mol. The van der Waals surface area contributed by atoms with Crippen molar-refractivity contribution in [2.45, 2.75) is 18.9 Å². The molecular formula is C13H17N5. The number of rotatable bonds is 3. The molecule has 5 nitrogen and oxygen atoms in total. The lowest BCUT2D eigenvalue weighted by Gasteiger charge is -2.25. The zero-order valence-electron chi connectivity index (χ0n) is 10.2. The first-order valence-electron chi connectivity index (χ1n) is 6.35. The summed E-state index contributed by atoms with van der Waals surface area (Å²) < 4.78 is 1.79. The van der Waals surface area contributed by atoms with E-state index in [4.69, 9.17) is 0 Å². The van der Waals surface area contributed by atoms with Crippen LogP contribution < -0.4 is 10.6 Å². The maximum Gasteiger partial charge on any atom is 0.138 e. The van der Waals surface area contributed by atoms with Crippen LogP contribution >= 0.6 is 0 Å². The maximum absolute atomic E-state index is 4.19. The van der Waals surface area contributed by atoms with Gasteiger partial charge in [-0.05, 0) is 31.5 Å². The van der Waals surface area contributed by atoms with Gasteiger partial charge in [0.1, 0.15) is 12.7 Å². The SMILES string of the molecule is c1ccc(-n2cncn2)c(NC2CCCNC2)c1. The van der Waals surface area contributed by atoms with E-state index < -0.39 is 0 Å². The van der Waals surface area contributed by atoms with E-state index in [9.17, 15) is 0 Å². The Labute approximate surface area is 106 Å². The average molecular weight is 243 g/mol. The first-order chi connectivity index (χ1) is 8.93. The summed E-state index contributed by atoms with van der Waals surface area (Å²) in [7, 11) is 0. The summed E-state index contributed by atoms with van der Waals surface area (Å²) in [6.07, 6.45) is 5.71. The molecule has 1 fully saturated rings. The molecule has 0 amide bonds. The molecular weight excluding hydrogens is 226 g/mol. The standard InChI is InChI=1S/C13H17N5/c1-2-6-13(18-10-15-9-16-18)12(5-1)17-11-4-3-7-14-8-11/h1-2,5-6,9-11,14,17H,3-4,7-8H2. The van der Waals surface area contributed by atoms with Crippen molar-refractivity contribution in [3.63, 3.8) is 0 Å². The van der Waals surface area contributed by atoms with Crippen LogP contribution in [0.1, 0.15) is 12.8 Å². The van der Waals surface area contributed by atoms with Gasteiger partial charge in [-0.3, -0.25) is 0 Å². The molecule has 94 valence electrons. The van der Waals surface area contributed by atoms with Gasteiger partial charge in [-0.25, -0.2) is 9.67 Å². The van der Waals surface area contributed by atoms with Crippen molar-refractivity contribution in [1.29, 1.82) is 0 Å². The van der Waals surface area contributed by atoms with Crippen molar-refractivity contribution in [1.82, 2.24) is 20.1 Å². The Kier molecular flexibility index (Phi) is 3.23. The third-order valence-corrected chi connectivity index (χ3v) is 3.23. The number of anilines is 1. The lowest BCUT2D eigenvalue weighted by molar-refractivity contribution is 0.479. The third kappa shape index (κ3) is 2.36. The zero-order chi connectivity index (χ0) is 12.2. The predicted octanol–water partition coefficient (Wildman–Crippen LogP) is 1.43. The largest absolute Gasteiger partial charge is 0.379 e. The van der Waals surface area contributed by atoms with E-state index >= 15 is 0 Å². The van der Waals surface area contributed by atoms with Gasteiger partial charge in [-0.1, -0.05) is 12.1 Å². The Morgan fingerprint density at radius 3 is 3.06 bits per heavy atom. The highest BCUT2D eigenvalue weighted by Gasteiger charge is 2.14. The molecule has 0 aliphatic carbocycles. The second-order valence-electron chi connectivity index (χ2n) is 4.54. The number of hydrogen-bond donors (Lipinski definition) is 2. The van der Waals surface area contributed by atoms with Crippen LogP contribution in [0.3, 0.4) is 0 Å². The Bertz CT molecular complexity index is 488. The Balaban J connectivity index is 1.83. The molecule has 2 N–H and O–H groups in total. The van der Waals surface area contributed by atoms with Crippen LogP contribution in [-0.4, -0.2) is 33.9 Å². The minimum atomic E-state index is 0.489. The quantitative estimate of drug-likeness (QED) is 0.856.